The summed E-state index contributed by atoms with van der Waals surface area (Å²) in [6.07, 6.45) is 0.476. The lowest BCUT2D eigenvalue weighted by molar-refractivity contribution is -0.132. The van der Waals surface area contributed by atoms with Gasteiger partial charge in [0, 0.05) is 24.7 Å². The van der Waals surface area contributed by atoms with Crippen molar-refractivity contribution in [2.45, 2.75) is 38.8 Å². The molecule has 3 amide bonds. The van der Waals surface area contributed by atoms with Crippen LogP contribution in [0.15, 0.2) is 30.3 Å². The second-order valence-electron chi connectivity index (χ2n) is 8.08. The molecule has 0 radical (unpaired) electrons. The molecule has 2 heterocycles. The van der Waals surface area contributed by atoms with Crippen LogP contribution in [0.4, 0.5) is 5.69 Å². The van der Waals surface area contributed by atoms with E-state index in [2.05, 4.69) is 10.6 Å². The van der Waals surface area contributed by atoms with E-state index in [0.29, 0.717) is 6.42 Å². The molecule has 2 saturated heterocycles. The van der Waals surface area contributed by atoms with Crippen LogP contribution < -0.4 is 15.5 Å². The molecule has 2 N–H and O–H groups in total. The second kappa shape index (κ2) is 8.52. The predicted molar refractivity (Wildman–Crippen MR) is 109 cm³/mol. The highest BCUT2D eigenvalue weighted by atomic mass is 32.2. The van der Waals surface area contributed by atoms with Crippen LogP contribution in [0.25, 0.3) is 0 Å². The first kappa shape index (κ1) is 21.3. The number of amides is 3. The standard InChI is InChI=1S/C20H27N3O5S/c1-13(2)18(20(26)21-15-8-9-29(27,28)12-15)22-19(25)14-10-17(24)23(11-14)16-6-4-3-5-7-16/h3-7,13-15,18H,8-12H2,1-2H3,(H,21,26)(H,22,25)/t14-,15-,18-/m0/s1. The largest absolute Gasteiger partial charge is 0.351 e. The van der Waals surface area contributed by atoms with Gasteiger partial charge in [0.15, 0.2) is 9.84 Å². The molecule has 0 unspecified atom stereocenters. The number of nitrogens with zero attached hydrogens (tertiary/aromatic N) is 1. The monoisotopic (exact) mass is 421 g/mol. The smallest absolute Gasteiger partial charge is 0.243 e. The van der Waals surface area contributed by atoms with Gasteiger partial charge in [0.1, 0.15) is 6.04 Å². The third-order valence-corrected chi connectivity index (χ3v) is 7.16. The average molecular weight is 422 g/mol. The van der Waals surface area contributed by atoms with E-state index in [4.69, 9.17) is 0 Å². The molecule has 0 saturated carbocycles. The molecule has 1 aromatic rings. The summed E-state index contributed by atoms with van der Waals surface area (Å²) < 4.78 is 23.2. The van der Waals surface area contributed by atoms with E-state index in [-0.39, 0.29) is 48.1 Å². The summed E-state index contributed by atoms with van der Waals surface area (Å²) in [4.78, 5) is 39.3. The fourth-order valence-corrected chi connectivity index (χ4v) is 5.42. The highest BCUT2D eigenvalue weighted by Gasteiger charge is 2.38. The molecule has 9 heteroatoms. The maximum Gasteiger partial charge on any atom is 0.243 e. The second-order valence-corrected chi connectivity index (χ2v) is 10.3. The summed E-state index contributed by atoms with van der Waals surface area (Å²) in [5.74, 6) is -1.58. The van der Waals surface area contributed by atoms with Crippen molar-refractivity contribution in [2.24, 2.45) is 11.8 Å². The molecule has 0 aliphatic carbocycles. The number of hydrogen-bond acceptors (Lipinski definition) is 5. The molecule has 0 bridgehead atoms. The van der Waals surface area contributed by atoms with Gasteiger partial charge in [-0.15, -0.1) is 0 Å². The number of rotatable bonds is 6. The predicted octanol–water partition coefficient (Wildman–Crippen LogP) is 0.484. The SMILES string of the molecule is CC(C)[C@H](NC(=O)[C@H]1CC(=O)N(c2ccccc2)C1)C(=O)N[C@H]1CCS(=O)(=O)C1. The van der Waals surface area contributed by atoms with Crippen LogP contribution in [0.1, 0.15) is 26.7 Å². The molecule has 0 aromatic heterocycles. The van der Waals surface area contributed by atoms with Gasteiger partial charge in [-0.3, -0.25) is 14.4 Å². The molecule has 3 atom stereocenters. The molecule has 8 nitrogen and oxygen atoms in total. The fraction of sp³-hybridized carbons (Fsp3) is 0.550. The lowest BCUT2D eigenvalue weighted by Gasteiger charge is -2.25. The summed E-state index contributed by atoms with van der Waals surface area (Å²) >= 11 is 0. The molecule has 2 aliphatic heterocycles. The molecule has 158 valence electrons. The Morgan fingerprint density at radius 3 is 2.45 bits per heavy atom. The van der Waals surface area contributed by atoms with E-state index in [1.54, 1.807) is 4.90 Å². The Labute approximate surface area is 170 Å². The highest BCUT2D eigenvalue weighted by molar-refractivity contribution is 7.91. The van der Waals surface area contributed by atoms with Crippen molar-refractivity contribution in [3.8, 4) is 0 Å². The number of carbonyl (C=O) groups is 3. The van der Waals surface area contributed by atoms with Gasteiger partial charge in [-0.05, 0) is 24.5 Å². The third kappa shape index (κ3) is 5.14. The van der Waals surface area contributed by atoms with Gasteiger partial charge in [-0.1, -0.05) is 32.0 Å². The molecular weight excluding hydrogens is 394 g/mol. The average Bonchev–Trinajstić information content (AvgIpc) is 3.21. The van der Waals surface area contributed by atoms with E-state index >= 15 is 0 Å². The van der Waals surface area contributed by atoms with Crippen molar-refractivity contribution in [3.05, 3.63) is 30.3 Å². The Bertz CT molecular complexity index is 885. The summed E-state index contributed by atoms with van der Waals surface area (Å²) in [6.45, 7) is 3.89. The minimum Gasteiger partial charge on any atom is -0.351 e. The van der Waals surface area contributed by atoms with Gasteiger partial charge in [-0.25, -0.2) is 8.42 Å². The quantitative estimate of drug-likeness (QED) is 0.694. The van der Waals surface area contributed by atoms with Crippen LogP contribution >= 0.6 is 0 Å². The van der Waals surface area contributed by atoms with Crippen molar-refractivity contribution in [1.29, 1.82) is 0 Å². The van der Waals surface area contributed by atoms with Crippen molar-refractivity contribution in [1.82, 2.24) is 10.6 Å². The molecule has 2 fully saturated rings. The number of benzene rings is 1. The molecule has 29 heavy (non-hydrogen) atoms. The van der Waals surface area contributed by atoms with Crippen LogP contribution in [0.2, 0.25) is 0 Å². The van der Waals surface area contributed by atoms with E-state index in [0.717, 1.165) is 5.69 Å². The summed E-state index contributed by atoms with van der Waals surface area (Å²) in [5, 5.41) is 5.51. The maximum atomic E-state index is 12.8. The molecule has 1 aromatic carbocycles. The summed E-state index contributed by atoms with van der Waals surface area (Å²) in [6, 6.07) is 7.95. The third-order valence-electron chi connectivity index (χ3n) is 5.39. The van der Waals surface area contributed by atoms with Crippen molar-refractivity contribution < 1.29 is 22.8 Å². The molecule has 0 spiro atoms. The van der Waals surface area contributed by atoms with Gasteiger partial charge in [0.2, 0.25) is 17.7 Å². The van der Waals surface area contributed by atoms with Gasteiger partial charge < -0.3 is 15.5 Å². The topological polar surface area (TPSA) is 113 Å². The number of para-hydroxylation sites is 1. The Morgan fingerprint density at radius 2 is 1.86 bits per heavy atom. The normalized spacial score (nSPS) is 24.5. The molecule has 2 aliphatic rings. The highest BCUT2D eigenvalue weighted by Crippen LogP contribution is 2.25. The first-order valence-corrected chi connectivity index (χ1v) is 11.6. The van der Waals surface area contributed by atoms with Gasteiger partial charge in [0.05, 0.1) is 17.4 Å². The zero-order chi connectivity index (χ0) is 21.2. The Morgan fingerprint density at radius 1 is 1.17 bits per heavy atom. The lowest BCUT2D eigenvalue weighted by Crippen LogP contribution is -2.53. The van der Waals surface area contributed by atoms with Crippen LogP contribution in [0.3, 0.4) is 0 Å². The van der Waals surface area contributed by atoms with Crippen molar-refractivity contribution >= 4 is 33.2 Å². The number of anilines is 1. The summed E-state index contributed by atoms with van der Waals surface area (Å²) in [5.41, 5.74) is 0.744. The van der Waals surface area contributed by atoms with Gasteiger partial charge >= 0.3 is 0 Å². The lowest BCUT2D eigenvalue weighted by atomic mass is 10.0. The van der Waals surface area contributed by atoms with Crippen molar-refractivity contribution in [3.63, 3.8) is 0 Å². The number of hydrogen-bond donors (Lipinski definition) is 2. The maximum absolute atomic E-state index is 12.8. The zero-order valence-corrected chi connectivity index (χ0v) is 17.4. The molecule has 3 rings (SSSR count). The minimum absolute atomic E-state index is 0.0656. The van der Waals surface area contributed by atoms with E-state index in [1.807, 2.05) is 44.2 Å². The zero-order valence-electron chi connectivity index (χ0n) is 16.6. The first-order chi connectivity index (χ1) is 13.7. The van der Waals surface area contributed by atoms with E-state index < -0.39 is 27.8 Å². The van der Waals surface area contributed by atoms with E-state index in [9.17, 15) is 22.8 Å². The van der Waals surface area contributed by atoms with Crippen LogP contribution in [0, 0.1) is 11.8 Å². The first-order valence-electron chi connectivity index (χ1n) is 9.83. The minimum atomic E-state index is -3.11. The van der Waals surface area contributed by atoms with Crippen LogP contribution in [-0.4, -0.2) is 56.3 Å². The number of carbonyl (C=O) groups excluding carboxylic acids is 3. The summed E-state index contributed by atoms with van der Waals surface area (Å²) in [7, 11) is -3.11. The van der Waals surface area contributed by atoms with Gasteiger partial charge in [0.25, 0.3) is 0 Å². The van der Waals surface area contributed by atoms with Crippen molar-refractivity contribution in [2.75, 3.05) is 23.0 Å². The Kier molecular flexibility index (Phi) is 6.26. The number of sulfone groups is 1. The van der Waals surface area contributed by atoms with E-state index in [1.165, 1.54) is 0 Å². The molecular formula is C20H27N3O5S. The van der Waals surface area contributed by atoms with Gasteiger partial charge in [-0.2, -0.15) is 0 Å². The Balaban J connectivity index is 1.61. The number of nitrogens with one attached hydrogen (secondary N) is 2. The van der Waals surface area contributed by atoms with Crippen LogP contribution in [-0.2, 0) is 24.2 Å². The van der Waals surface area contributed by atoms with Crippen LogP contribution in [0.5, 0.6) is 0 Å². The Hall–Kier alpha value is -2.42. The fourth-order valence-electron chi connectivity index (χ4n) is 3.75.